The minimum atomic E-state index is -0.543. The molecule has 0 saturated carbocycles. The van der Waals surface area contributed by atoms with Gasteiger partial charge in [0.2, 0.25) is 5.91 Å². The number of hydrogen-bond donors (Lipinski definition) is 2. The molecule has 2 aromatic carbocycles. The molecular formula is C19H21N3O4. The SMILES string of the molecule is Cc1ccc(C(=O)NCC(=O)Nc2ccc(C(C)C)cc2)cc1[N+](=O)[O-]. The highest BCUT2D eigenvalue weighted by atomic mass is 16.6. The third-order valence-electron chi connectivity index (χ3n) is 3.94. The number of nitrogens with one attached hydrogen (secondary N) is 2. The fourth-order valence-corrected chi connectivity index (χ4v) is 2.37. The molecule has 0 aliphatic carbocycles. The average Bonchev–Trinajstić information content (AvgIpc) is 2.60. The van der Waals surface area contributed by atoms with Crippen molar-refractivity contribution in [3.05, 3.63) is 69.3 Å². The molecule has 0 fully saturated rings. The third kappa shape index (κ3) is 4.89. The summed E-state index contributed by atoms with van der Waals surface area (Å²) < 4.78 is 0. The summed E-state index contributed by atoms with van der Waals surface area (Å²) >= 11 is 0. The Labute approximate surface area is 151 Å². The zero-order chi connectivity index (χ0) is 19.3. The molecule has 2 aromatic rings. The molecule has 2 N–H and O–H groups in total. The molecule has 0 aliphatic rings. The van der Waals surface area contributed by atoms with E-state index in [9.17, 15) is 19.7 Å². The first-order chi connectivity index (χ1) is 12.3. The van der Waals surface area contributed by atoms with E-state index in [1.807, 2.05) is 12.1 Å². The number of benzene rings is 2. The quantitative estimate of drug-likeness (QED) is 0.612. The number of carbonyl (C=O) groups is 2. The van der Waals surface area contributed by atoms with Gasteiger partial charge in [0.05, 0.1) is 11.5 Å². The molecule has 0 atom stereocenters. The van der Waals surface area contributed by atoms with Gasteiger partial charge < -0.3 is 10.6 Å². The van der Waals surface area contributed by atoms with Crippen molar-refractivity contribution >= 4 is 23.2 Å². The highest BCUT2D eigenvalue weighted by Gasteiger charge is 2.15. The average molecular weight is 355 g/mol. The van der Waals surface area contributed by atoms with Gasteiger partial charge in [0.25, 0.3) is 11.6 Å². The van der Waals surface area contributed by atoms with E-state index in [1.165, 1.54) is 18.2 Å². The van der Waals surface area contributed by atoms with Gasteiger partial charge in [0.1, 0.15) is 0 Å². The number of aryl methyl sites for hydroxylation is 1. The Morgan fingerprint density at radius 2 is 1.77 bits per heavy atom. The number of rotatable bonds is 6. The Morgan fingerprint density at radius 3 is 2.35 bits per heavy atom. The van der Waals surface area contributed by atoms with E-state index in [0.29, 0.717) is 17.2 Å². The Balaban J connectivity index is 1.93. The standard InChI is InChI=1S/C19H21N3O4/c1-12(2)14-6-8-16(9-7-14)21-18(23)11-20-19(24)15-5-4-13(3)17(10-15)22(25)26/h4-10,12H,11H2,1-3H3,(H,20,24)(H,21,23). The van der Waals surface area contributed by atoms with Crippen molar-refractivity contribution in [1.29, 1.82) is 0 Å². The first-order valence-electron chi connectivity index (χ1n) is 8.21. The molecule has 0 spiro atoms. The summed E-state index contributed by atoms with van der Waals surface area (Å²) in [5, 5.41) is 16.1. The number of hydrogen-bond acceptors (Lipinski definition) is 4. The molecule has 0 heterocycles. The lowest BCUT2D eigenvalue weighted by molar-refractivity contribution is -0.385. The van der Waals surface area contributed by atoms with Crippen LogP contribution in [0.1, 0.15) is 41.3 Å². The van der Waals surface area contributed by atoms with Gasteiger partial charge in [-0.2, -0.15) is 0 Å². The molecule has 7 nitrogen and oxygen atoms in total. The van der Waals surface area contributed by atoms with Crippen LogP contribution in [0.2, 0.25) is 0 Å². The summed E-state index contributed by atoms with van der Waals surface area (Å²) in [7, 11) is 0. The highest BCUT2D eigenvalue weighted by Crippen LogP contribution is 2.19. The van der Waals surface area contributed by atoms with E-state index >= 15 is 0 Å². The van der Waals surface area contributed by atoms with Crippen LogP contribution in [0.25, 0.3) is 0 Å². The number of nitro benzene ring substituents is 1. The number of nitro groups is 1. The predicted molar refractivity (Wildman–Crippen MR) is 99.3 cm³/mol. The van der Waals surface area contributed by atoms with Crippen molar-refractivity contribution in [3.8, 4) is 0 Å². The second-order valence-electron chi connectivity index (χ2n) is 6.27. The summed E-state index contributed by atoms with van der Waals surface area (Å²) in [5.41, 5.74) is 2.27. The molecule has 0 radical (unpaired) electrons. The van der Waals surface area contributed by atoms with E-state index in [0.717, 1.165) is 5.56 Å². The fraction of sp³-hybridized carbons (Fsp3) is 0.263. The van der Waals surface area contributed by atoms with Crippen LogP contribution in [0, 0.1) is 17.0 Å². The lowest BCUT2D eigenvalue weighted by atomic mass is 10.0. The molecule has 2 rings (SSSR count). The molecule has 26 heavy (non-hydrogen) atoms. The smallest absolute Gasteiger partial charge is 0.273 e. The third-order valence-corrected chi connectivity index (χ3v) is 3.94. The van der Waals surface area contributed by atoms with Crippen LogP contribution in [0.15, 0.2) is 42.5 Å². The van der Waals surface area contributed by atoms with Crippen molar-refractivity contribution in [1.82, 2.24) is 5.32 Å². The van der Waals surface area contributed by atoms with Gasteiger partial charge in [0.15, 0.2) is 0 Å². The van der Waals surface area contributed by atoms with E-state index in [-0.39, 0.29) is 23.7 Å². The summed E-state index contributed by atoms with van der Waals surface area (Å²) in [6.45, 7) is 5.53. The van der Waals surface area contributed by atoms with Gasteiger partial charge in [-0.1, -0.05) is 32.0 Å². The molecule has 136 valence electrons. The van der Waals surface area contributed by atoms with Crippen LogP contribution in [-0.4, -0.2) is 23.3 Å². The zero-order valence-corrected chi connectivity index (χ0v) is 14.9. The van der Waals surface area contributed by atoms with Crippen molar-refractivity contribution in [3.63, 3.8) is 0 Å². The van der Waals surface area contributed by atoms with Crippen LogP contribution >= 0.6 is 0 Å². The number of carbonyl (C=O) groups excluding carboxylic acids is 2. The van der Waals surface area contributed by atoms with Crippen molar-refractivity contribution < 1.29 is 14.5 Å². The largest absolute Gasteiger partial charge is 0.343 e. The molecule has 7 heteroatoms. The lowest BCUT2D eigenvalue weighted by Gasteiger charge is -2.09. The summed E-state index contributed by atoms with van der Waals surface area (Å²) in [6.07, 6.45) is 0. The van der Waals surface area contributed by atoms with Crippen molar-refractivity contribution in [2.45, 2.75) is 26.7 Å². The van der Waals surface area contributed by atoms with Gasteiger partial charge in [0, 0.05) is 22.9 Å². The van der Waals surface area contributed by atoms with Crippen LogP contribution in [-0.2, 0) is 4.79 Å². The molecule has 0 aliphatic heterocycles. The van der Waals surface area contributed by atoms with Crippen LogP contribution in [0.5, 0.6) is 0 Å². The lowest BCUT2D eigenvalue weighted by Crippen LogP contribution is -2.32. The second-order valence-corrected chi connectivity index (χ2v) is 6.27. The molecule has 2 amide bonds. The predicted octanol–water partition coefficient (Wildman–Crippen LogP) is 3.40. The van der Waals surface area contributed by atoms with Crippen molar-refractivity contribution in [2.75, 3.05) is 11.9 Å². The van der Waals surface area contributed by atoms with Gasteiger partial charge in [-0.05, 0) is 36.6 Å². The maximum absolute atomic E-state index is 12.1. The van der Waals surface area contributed by atoms with Gasteiger partial charge in [-0.25, -0.2) is 0 Å². The van der Waals surface area contributed by atoms with Crippen molar-refractivity contribution in [2.24, 2.45) is 0 Å². The maximum atomic E-state index is 12.1. The number of amides is 2. The van der Waals surface area contributed by atoms with Crippen LogP contribution in [0.3, 0.4) is 0 Å². The topological polar surface area (TPSA) is 101 Å². The molecule has 0 aromatic heterocycles. The summed E-state index contributed by atoms with van der Waals surface area (Å²) in [6, 6.07) is 11.7. The van der Waals surface area contributed by atoms with E-state index < -0.39 is 10.8 Å². The van der Waals surface area contributed by atoms with Gasteiger partial charge in [-0.15, -0.1) is 0 Å². The summed E-state index contributed by atoms with van der Waals surface area (Å²) in [5.74, 6) is -0.520. The highest BCUT2D eigenvalue weighted by molar-refractivity contribution is 5.99. The van der Waals surface area contributed by atoms with E-state index in [2.05, 4.69) is 24.5 Å². The first kappa shape index (κ1) is 19.1. The molecule has 0 bridgehead atoms. The number of nitrogens with zero attached hydrogens (tertiary/aromatic N) is 1. The van der Waals surface area contributed by atoms with E-state index in [1.54, 1.807) is 19.1 Å². The second kappa shape index (κ2) is 8.24. The Morgan fingerprint density at radius 1 is 1.12 bits per heavy atom. The molecular weight excluding hydrogens is 334 g/mol. The van der Waals surface area contributed by atoms with E-state index in [4.69, 9.17) is 0 Å². The Kier molecular flexibility index (Phi) is 6.06. The number of anilines is 1. The Bertz CT molecular complexity index is 829. The first-order valence-corrected chi connectivity index (χ1v) is 8.21. The van der Waals surface area contributed by atoms with Gasteiger partial charge in [-0.3, -0.25) is 19.7 Å². The van der Waals surface area contributed by atoms with Crippen LogP contribution < -0.4 is 10.6 Å². The molecule has 0 unspecified atom stereocenters. The Hall–Kier alpha value is -3.22. The van der Waals surface area contributed by atoms with Crippen LogP contribution in [0.4, 0.5) is 11.4 Å². The zero-order valence-electron chi connectivity index (χ0n) is 14.9. The van der Waals surface area contributed by atoms with Gasteiger partial charge >= 0.3 is 0 Å². The monoisotopic (exact) mass is 355 g/mol. The maximum Gasteiger partial charge on any atom is 0.273 e. The molecule has 0 saturated heterocycles. The normalized spacial score (nSPS) is 10.5. The summed E-state index contributed by atoms with van der Waals surface area (Å²) in [4.78, 5) is 34.5. The minimum absolute atomic E-state index is 0.132. The fourth-order valence-electron chi connectivity index (χ4n) is 2.37. The minimum Gasteiger partial charge on any atom is -0.343 e.